The van der Waals surface area contributed by atoms with Gasteiger partial charge in [0.05, 0.1) is 14.9 Å². The monoisotopic (exact) mass is 470 g/mol. The van der Waals surface area contributed by atoms with Crippen molar-refractivity contribution in [3.63, 3.8) is 0 Å². The lowest BCUT2D eigenvalue weighted by molar-refractivity contribution is -0.127. The molecule has 160 valence electrons. The van der Waals surface area contributed by atoms with E-state index < -0.39 is 28.0 Å². The molecule has 11 heteroatoms. The Morgan fingerprint density at radius 3 is 2.40 bits per heavy atom. The Kier molecular flexibility index (Phi) is 6.99. The molecule has 1 saturated heterocycles. The number of hydrogen-bond donors (Lipinski definition) is 2. The predicted octanol–water partition coefficient (Wildman–Crippen LogP) is 1.54. The van der Waals surface area contributed by atoms with Crippen LogP contribution in [-0.4, -0.2) is 61.8 Å². The molecule has 2 aromatic carbocycles. The van der Waals surface area contributed by atoms with Gasteiger partial charge in [-0.2, -0.15) is 4.31 Å². The van der Waals surface area contributed by atoms with E-state index in [1.54, 1.807) is 30.3 Å². The van der Waals surface area contributed by atoms with E-state index in [1.165, 1.54) is 23.1 Å². The lowest BCUT2D eigenvalue weighted by Crippen LogP contribution is -2.54. The Morgan fingerprint density at radius 1 is 1.07 bits per heavy atom. The van der Waals surface area contributed by atoms with Crippen LogP contribution in [0.25, 0.3) is 0 Å². The Labute approximate surface area is 184 Å². The van der Waals surface area contributed by atoms with E-state index >= 15 is 0 Å². The average molecular weight is 471 g/mol. The minimum atomic E-state index is -4.14. The molecule has 1 fully saturated rings. The zero-order chi connectivity index (χ0) is 21.9. The summed E-state index contributed by atoms with van der Waals surface area (Å²) in [6.45, 7) is 0.310. The Bertz CT molecular complexity index is 1050. The maximum atomic E-state index is 13.3. The second-order valence-corrected chi connectivity index (χ2v) is 9.21. The summed E-state index contributed by atoms with van der Waals surface area (Å²) in [6, 6.07) is 12.2. The van der Waals surface area contributed by atoms with Gasteiger partial charge in [0.2, 0.25) is 10.0 Å². The number of nitrogens with one attached hydrogen (secondary N) is 1. The summed E-state index contributed by atoms with van der Waals surface area (Å²) in [6.07, 6.45) is -1.36. The van der Waals surface area contributed by atoms with E-state index in [0.717, 1.165) is 4.31 Å². The summed E-state index contributed by atoms with van der Waals surface area (Å²) in [5.41, 5.74) is 5.80. The van der Waals surface area contributed by atoms with Gasteiger partial charge in [-0.3, -0.25) is 9.59 Å². The smallest absolute Gasteiger partial charge is 0.259 e. The fourth-order valence-electron chi connectivity index (χ4n) is 3.15. The number of amides is 2. The van der Waals surface area contributed by atoms with Crippen molar-refractivity contribution >= 4 is 45.0 Å². The van der Waals surface area contributed by atoms with Crippen molar-refractivity contribution in [2.75, 3.05) is 26.2 Å². The van der Waals surface area contributed by atoms with Crippen molar-refractivity contribution in [1.82, 2.24) is 14.5 Å². The number of hydrogen-bond acceptors (Lipinski definition) is 5. The Balaban J connectivity index is 1.99. The van der Waals surface area contributed by atoms with Crippen LogP contribution in [0.3, 0.4) is 0 Å². The van der Waals surface area contributed by atoms with Gasteiger partial charge >= 0.3 is 0 Å². The number of nitrogens with zero attached hydrogens (tertiary/aromatic N) is 2. The Hall–Kier alpha value is -2.17. The highest BCUT2D eigenvalue weighted by atomic mass is 35.5. The topological polar surface area (TPSA) is 113 Å². The summed E-state index contributed by atoms with van der Waals surface area (Å²) in [5, 5.41) is 2.85. The number of rotatable bonds is 6. The van der Waals surface area contributed by atoms with Gasteiger partial charge in [0.15, 0.2) is 6.17 Å². The first kappa shape index (κ1) is 22.5. The molecule has 3 N–H and O–H groups in total. The fourth-order valence-corrected chi connectivity index (χ4v) is 5.08. The van der Waals surface area contributed by atoms with Crippen LogP contribution in [0.15, 0.2) is 53.4 Å². The van der Waals surface area contributed by atoms with Crippen molar-refractivity contribution in [2.45, 2.75) is 11.1 Å². The molecule has 0 aliphatic carbocycles. The molecule has 0 saturated carbocycles. The van der Waals surface area contributed by atoms with E-state index in [1.807, 2.05) is 0 Å². The highest BCUT2D eigenvalue weighted by Gasteiger charge is 2.46. The van der Waals surface area contributed by atoms with Crippen molar-refractivity contribution in [2.24, 2.45) is 5.73 Å². The molecule has 2 amide bonds. The summed E-state index contributed by atoms with van der Waals surface area (Å²) >= 11 is 11.9. The van der Waals surface area contributed by atoms with E-state index in [-0.39, 0.29) is 41.1 Å². The number of nitrogens with two attached hydrogens (primary N) is 1. The molecule has 1 atom stereocenters. The minimum absolute atomic E-state index is 0.0506. The summed E-state index contributed by atoms with van der Waals surface area (Å²) in [7, 11) is -4.14. The third kappa shape index (κ3) is 4.45. The summed E-state index contributed by atoms with van der Waals surface area (Å²) in [4.78, 5) is 27.0. The third-order valence-electron chi connectivity index (χ3n) is 4.59. The van der Waals surface area contributed by atoms with Gasteiger partial charge in [-0.15, -0.1) is 0 Å². The third-order valence-corrected chi connectivity index (χ3v) is 7.18. The second kappa shape index (κ2) is 9.32. The first-order valence-corrected chi connectivity index (χ1v) is 11.3. The van der Waals surface area contributed by atoms with Gasteiger partial charge in [0.25, 0.3) is 11.8 Å². The second-order valence-electron chi connectivity index (χ2n) is 6.51. The van der Waals surface area contributed by atoms with Crippen LogP contribution in [0, 0.1) is 0 Å². The summed E-state index contributed by atoms with van der Waals surface area (Å²) in [5.74, 6) is -1.08. The van der Waals surface area contributed by atoms with Crippen molar-refractivity contribution < 1.29 is 18.0 Å². The highest BCUT2D eigenvalue weighted by Crippen LogP contribution is 2.30. The normalized spacial score (nSPS) is 17.2. The first-order chi connectivity index (χ1) is 14.3. The predicted molar refractivity (Wildman–Crippen MR) is 114 cm³/mol. The van der Waals surface area contributed by atoms with Crippen LogP contribution >= 0.6 is 23.2 Å². The van der Waals surface area contributed by atoms with Crippen molar-refractivity contribution in [3.8, 4) is 0 Å². The Morgan fingerprint density at radius 2 is 1.77 bits per heavy atom. The summed E-state index contributed by atoms with van der Waals surface area (Å²) < 4.78 is 27.5. The van der Waals surface area contributed by atoms with Gasteiger partial charge in [0, 0.05) is 31.7 Å². The minimum Gasteiger partial charge on any atom is -0.352 e. The molecule has 30 heavy (non-hydrogen) atoms. The van der Waals surface area contributed by atoms with Crippen LogP contribution < -0.4 is 11.1 Å². The van der Waals surface area contributed by atoms with Crippen LogP contribution in [0.1, 0.15) is 10.4 Å². The van der Waals surface area contributed by atoms with Gasteiger partial charge in [-0.05, 0) is 30.3 Å². The van der Waals surface area contributed by atoms with Crippen LogP contribution in [0.4, 0.5) is 0 Å². The molecule has 8 nitrogen and oxygen atoms in total. The quantitative estimate of drug-likeness (QED) is 0.664. The van der Waals surface area contributed by atoms with E-state index in [4.69, 9.17) is 28.9 Å². The molecule has 1 aliphatic heterocycles. The van der Waals surface area contributed by atoms with E-state index in [0.29, 0.717) is 5.56 Å². The molecule has 1 heterocycles. The number of benzene rings is 2. The number of carbonyl (C=O) groups is 2. The van der Waals surface area contributed by atoms with Crippen LogP contribution in [-0.2, 0) is 14.8 Å². The molecule has 0 spiro atoms. The van der Waals surface area contributed by atoms with Crippen LogP contribution in [0.5, 0.6) is 0 Å². The zero-order valence-electron chi connectivity index (χ0n) is 15.8. The first-order valence-electron chi connectivity index (χ1n) is 9.08. The van der Waals surface area contributed by atoms with Crippen molar-refractivity contribution in [1.29, 1.82) is 0 Å². The lowest BCUT2D eigenvalue weighted by atomic mass is 10.2. The van der Waals surface area contributed by atoms with Gasteiger partial charge < -0.3 is 16.0 Å². The average Bonchev–Trinajstić information content (AvgIpc) is 3.20. The molecule has 2 aromatic rings. The SMILES string of the molecule is NCCNC(=O)C1N(C(=O)c2ccccc2)CCN1S(=O)(=O)c1ccc(Cl)c(Cl)c1. The van der Waals surface area contributed by atoms with Crippen LogP contribution in [0.2, 0.25) is 10.0 Å². The number of carbonyl (C=O) groups excluding carboxylic acids is 2. The molecular weight excluding hydrogens is 451 g/mol. The largest absolute Gasteiger partial charge is 0.352 e. The van der Waals surface area contributed by atoms with E-state index in [9.17, 15) is 18.0 Å². The van der Waals surface area contributed by atoms with Gasteiger partial charge in [0.1, 0.15) is 0 Å². The lowest BCUT2D eigenvalue weighted by Gasteiger charge is -2.28. The van der Waals surface area contributed by atoms with Crippen molar-refractivity contribution in [3.05, 3.63) is 64.1 Å². The van der Waals surface area contributed by atoms with E-state index in [2.05, 4.69) is 5.32 Å². The molecule has 0 radical (unpaired) electrons. The fraction of sp³-hybridized carbons (Fsp3) is 0.263. The highest BCUT2D eigenvalue weighted by molar-refractivity contribution is 7.89. The zero-order valence-corrected chi connectivity index (χ0v) is 18.1. The number of sulfonamides is 1. The van der Waals surface area contributed by atoms with Gasteiger partial charge in [-0.1, -0.05) is 41.4 Å². The maximum absolute atomic E-state index is 13.3. The molecule has 1 aliphatic rings. The van der Waals surface area contributed by atoms with Gasteiger partial charge in [-0.25, -0.2) is 8.42 Å². The standard InChI is InChI=1S/C19H20Cl2N4O4S/c20-15-7-6-14(12-16(15)21)30(28,29)25-11-10-24(18(25)17(26)23-9-8-22)19(27)13-4-2-1-3-5-13/h1-7,12,18H,8-11,22H2,(H,23,26). The maximum Gasteiger partial charge on any atom is 0.259 e. The number of halogens is 2. The molecular formula is C19H20Cl2N4O4S. The molecule has 0 aromatic heterocycles. The molecule has 1 unspecified atom stereocenters. The molecule has 0 bridgehead atoms. The molecule has 3 rings (SSSR count).